The predicted molar refractivity (Wildman–Crippen MR) is 95.8 cm³/mol. The molecule has 124 valence electrons. The lowest BCUT2D eigenvalue weighted by Gasteiger charge is -2.18. The zero-order valence-corrected chi connectivity index (χ0v) is 13.5. The maximum Gasteiger partial charge on any atom is 0.124 e. The molecule has 0 atom stereocenters. The molecule has 3 rings (SSSR count). The molecule has 0 aliphatic heterocycles. The predicted octanol–water partition coefficient (Wildman–Crippen LogP) is 3.41. The Hall–Kier alpha value is -2.66. The van der Waals surface area contributed by atoms with Gasteiger partial charge in [-0.3, -0.25) is 4.98 Å². The van der Waals surface area contributed by atoms with Crippen LogP contribution in [0.15, 0.2) is 54.7 Å². The van der Waals surface area contributed by atoms with Crippen molar-refractivity contribution in [2.24, 2.45) is 0 Å². The summed E-state index contributed by atoms with van der Waals surface area (Å²) in [4.78, 5) is 6.34. The summed E-state index contributed by atoms with van der Waals surface area (Å²) in [6, 6.07) is 14.6. The number of likely N-dealkylation sites (N-methyl/N-ethyl adjacent to an activating group) is 1. The zero-order chi connectivity index (χ0) is 16.9. The number of nitrogens with one attached hydrogen (secondary N) is 1. The SMILES string of the molecule is CN(CCO)c1ccc(NCc2cc(F)cc3cccnc23)cc1. The number of fused-ring (bicyclic) bond motifs is 1. The lowest BCUT2D eigenvalue weighted by molar-refractivity contribution is 0.304. The van der Waals surface area contributed by atoms with Crippen LogP contribution in [0, 0.1) is 5.82 Å². The van der Waals surface area contributed by atoms with E-state index in [9.17, 15) is 4.39 Å². The Labute approximate surface area is 140 Å². The van der Waals surface area contributed by atoms with E-state index in [1.54, 1.807) is 12.3 Å². The first-order chi connectivity index (χ1) is 11.7. The largest absolute Gasteiger partial charge is 0.395 e. The molecule has 2 aromatic carbocycles. The van der Waals surface area contributed by atoms with Gasteiger partial charge in [0.15, 0.2) is 0 Å². The normalized spacial score (nSPS) is 10.8. The molecular formula is C19H20FN3O. The highest BCUT2D eigenvalue weighted by Gasteiger charge is 2.06. The van der Waals surface area contributed by atoms with Crippen LogP contribution in [0.1, 0.15) is 5.56 Å². The molecule has 0 spiro atoms. The molecule has 0 aliphatic carbocycles. The van der Waals surface area contributed by atoms with E-state index in [1.807, 2.05) is 42.3 Å². The Balaban J connectivity index is 1.74. The number of hydrogen-bond donors (Lipinski definition) is 2. The first-order valence-electron chi connectivity index (χ1n) is 7.86. The van der Waals surface area contributed by atoms with Gasteiger partial charge in [0, 0.05) is 48.7 Å². The van der Waals surface area contributed by atoms with Gasteiger partial charge in [-0.15, -0.1) is 0 Å². The monoisotopic (exact) mass is 325 g/mol. The average molecular weight is 325 g/mol. The van der Waals surface area contributed by atoms with Gasteiger partial charge in [-0.1, -0.05) is 6.07 Å². The molecule has 3 aromatic rings. The Morgan fingerprint density at radius 2 is 1.96 bits per heavy atom. The Bertz CT molecular complexity index is 820. The minimum absolute atomic E-state index is 0.121. The van der Waals surface area contributed by atoms with E-state index in [0.29, 0.717) is 13.1 Å². The fourth-order valence-electron chi connectivity index (χ4n) is 2.67. The van der Waals surface area contributed by atoms with Gasteiger partial charge in [0.2, 0.25) is 0 Å². The molecule has 0 bridgehead atoms. The summed E-state index contributed by atoms with van der Waals surface area (Å²) in [6.45, 7) is 1.21. The molecule has 0 aliphatic rings. The summed E-state index contributed by atoms with van der Waals surface area (Å²) in [5, 5.41) is 13.1. The number of aromatic nitrogens is 1. The molecule has 0 amide bonds. The standard InChI is InChI=1S/C19H20FN3O/c1-23(9-10-24)18-6-4-17(5-7-18)22-13-15-12-16(20)11-14-3-2-8-21-19(14)15/h2-8,11-12,22,24H,9-10,13H2,1H3. The van der Waals surface area contributed by atoms with Gasteiger partial charge in [0.25, 0.3) is 0 Å². The van der Waals surface area contributed by atoms with Crippen LogP contribution in [0.2, 0.25) is 0 Å². The second-order valence-corrected chi connectivity index (χ2v) is 5.69. The number of rotatable bonds is 6. The van der Waals surface area contributed by atoms with Crippen LogP contribution in [0.5, 0.6) is 0 Å². The van der Waals surface area contributed by atoms with Crippen molar-refractivity contribution in [1.29, 1.82) is 0 Å². The van der Waals surface area contributed by atoms with Crippen molar-refractivity contribution in [3.63, 3.8) is 0 Å². The number of halogens is 1. The first-order valence-corrected chi connectivity index (χ1v) is 7.86. The van der Waals surface area contributed by atoms with Crippen molar-refractivity contribution in [3.8, 4) is 0 Å². The van der Waals surface area contributed by atoms with Crippen LogP contribution in [0.3, 0.4) is 0 Å². The van der Waals surface area contributed by atoms with Gasteiger partial charge < -0.3 is 15.3 Å². The number of anilines is 2. The smallest absolute Gasteiger partial charge is 0.124 e. The number of hydrogen-bond acceptors (Lipinski definition) is 4. The summed E-state index contributed by atoms with van der Waals surface area (Å²) >= 11 is 0. The molecule has 5 heteroatoms. The lowest BCUT2D eigenvalue weighted by atomic mass is 10.1. The third-order valence-corrected chi connectivity index (χ3v) is 3.98. The fourth-order valence-corrected chi connectivity index (χ4v) is 2.67. The van der Waals surface area contributed by atoms with Crippen molar-refractivity contribution < 1.29 is 9.50 Å². The molecule has 1 aromatic heterocycles. The Morgan fingerprint density at radius 3 is 2.71 bits per heavy atom. The molecule has 0 fully saturated rings. The maximum absolute atomic E-state index is 13.8. The van der Waals surface area contributed by atoms with Gasteiger partial charge in [-0.05, 0) is 42.5 Å². The fraction of sp³-hybridized carbons (Fsp3) is 0.211. The number of aliphatic hydroxyl groups is 1. The number of benzene rings is 2. The van der Waals surface area contributed by atoms with Crippen molar-refractivity contribution >= 4 is 22.3 Å². The summed E-state index contributed by atoms with van der Waals surface area (Å²) < 4.78 is 13.8. The maximum atomic E-state index is 13.8. The molecule has 24 heavy (non-hydrogen) atoms. The number of nitrogens with zero attached hydrogens (tertiary/aromatic N) is 2. The van der Waals surface area contributed by atoms with Gasteiger partial charge in [-0.2, -0.15) is 0 Å². The third kappa shape index (κ3) is 3.63. The lowest BCUT2D eigenvalue weighted by Crippen LogP contribution is -2.20. The van der Waals surface area contributed by atoms with Crippen LogP contribution in [-0.2, 0) is 6.54 Å². The summed E-state index contributed by atoms with van der Waals surface area (Å²) in [5.74, 6) is -0.256. The number of aliphatic hydroxyl groups excluding tert-OH is 1. The summed E-state index contributed by atoms with van der Waals surface area (Å²) in [7, 11) is 1.93. The van der Waals surface area contributed by atoms with Crippen LogP contribution < -0.4 is 10.2 Å². The molecule has 0 unspecified atom stereocenters. The van der Waals surface area contributed by atoms with Crippen molar-refractivity contribution in [3.05, 3.63) is 66.1 Å². The van der Waals surface area contributed by atoms with E-state index in [2.05, 4.69) is 10.3 Å². The summed E-state index contributed by atoms with van der Waals surface area (Å²) in [5.41, 5.74) is 3.62. The molecule has 0 saturated heterocycles. The number of pyridine rings is 1. The van der Waals surface area contributed by atoms with Crippen LogP contribution in [-0.4, -0.2) is 30.3 Å². The van der Waals surface area contributed by atoms with E-state index in [4.69, 9.17) is 5.11 Å². The van der Waals surface area contributed by atoms with Gasteiger partial charge >= 0.3 is 0 Å². The molecule has 1 heterocycles. The average Bonchev–Trinajstić information content (AvgIpc) is 2.60. The van der Waals surface area contributed by atoms with Crippen LogP contribution in [0.4, 0.5) is 15.8 Å². The second kappa shape index (κ2) is 7.27. The van der Waals surface area contributed by atoms with E-state index in [-0.39, 0.29) is 12.4 Å². The highest BCUT2D eigenvalue weighted by molar-refractivity contribution is 5.82. The van der Waals surface area contributed by atoms with Gasteiger partial charge in [0.1, 0.15) is 5.82 Å². The third-order valence-electron chi connectivity index (χ3n) is 3.98. The minimum Gasteiger partial charge on any atom is -0.395 e. The Morgan fingerprint density at radius 1 is 1.17 bits per heavy atom. The first kappa shape index (κ1) is 16.2. The van der Waals surface area contributed by atoms with Crippen molar-refractivity contribution in [1.82, 2.24) is 4.98 Å². The Kier molecular flexibility index (Phi) is 4.91. The molecular weight excluding hydrogens is 305 g/mol. The zero-order valence-electron chi connectivity index (χ0n) is 13.5. The molecule has 4 nitrogen and oxygen atoms in total. The molecule has 0 radical (unpaired) electrons. The quantitative estimate of drug-likeness (QED) is 0.729. The van der Waals surface area contributed by atoms with Gasteiger partial charge in [-0.25, -0.2) is 4.39 Å². The van der Waals surface area contributed by atoms with Crippen LogP contribution >= 0.6 is 0 Å². The summed E-state index contributed by atoms with van der Waals surface area (Å²) in [6.07, 6.45) is 1.72. The van der Waals surface area contributed by atoms with E-state index >= 15 is 0 Å². The van der Waals surface area contributed by atoms with Crippen molar-refractivity contribution in [2.45, 2.75) is 6.54 Å². The highest BCUT2D eigenvalue weighted by Crippen LogP contribution is 2.21. The molecule has 0 saturated carbocycles. The van der Waals surface area contributed by atoms with Crippen molar-refractivity contribution in [2.75, 3.05) is 30.4 Å². The van der Waals surface area contributed by atoms with E-state index in [1.165, 1.54) is 12.1 Å². The van der Waals surface area contributed by atoms with Crippen LogP contribution in [0.25, 0.3) is 10.9 Å². The molecule has 2 N–H and O–H groups in total. The van der Waals surface area contributed by atoms with E-state index in [0.717, 1.165) is 27.8 Å². The minimum atomic E-state index is -0.256. The highest BCUT2D eigenvalue weighted by atomic mass is 19.1. The topological polar surface area (TPSA) is 48.4 Å². The second-order valence-electron chi connectivity index (χ2n) is 5.69. The van der Waals surface area contributed by atoms with E-state index < -0.39 is 0 Å². The van der Waals surface area contributed by atoms with Gasteiger partial charge in [0.05, 0.1) is 12.1 Å².